The summed E-state index contributed by atoms with van der Waals surface area (Å²) in [6, 6.07) is 9.80. The van der Waals surface area contributed by atoms with Crippen molar-refractivity contribution >= 4 is 35.7 Å². The van der Waals surface area contributed by atoms with Gasteiger partial charge in [0.15, 0.2) is 0 Å². The summed E-state index contributed by atoms with van der Waals surface area (Å²) in [6.45, 7) is 0.598. The van der Waals surface area contributed by atoms with Crippen LogP contribution in [0, 0.1) is 17.8 Å². The van der Waals surface area contributed by atoms with Crippen LogP contribution in [-0.2, 0) is 11.3 Å². The largest absolute Gasteiger partial charge is 0.327 e. The molecule has 2 fully saturated rings. The molecule has 1 heterocycles. The van der Waals surface area contributed by atoms with Gasteiger partial charge in [-0.2, -0.15) is 5.10 Å². The van der Waals surface area contributed by atoms with Gasteiger partial charge in [0.2, 0.25) is 5.91 Å². The standard InChI is InChI=1S/C20H25ClN4O.ClH/c21-17-6-4-13(5-7-17)12-25-18(8-9-23-25)24-20(26)16-10-14-2-1-3-15(11-16)19(14)22;/h4-9,14-16,19H,1-3,10-12,22H2,(H,24,26);1H. The molecule has 146 valence electrons. The molecule has 2 saturated carbocycles. The van der Waals surface area contributed by atoms with Crippen molar-refractivity contribution in [1.82, 2.24) is 9.78 Å². The molecule has 2 unspecified atom stereocenters. The molecule has 1 aromatic heterocycles. The maximum Gasteiger partial charge on any atom is 0.228 e. The van der Waals surface area contributed by atoms with Gasteiger partial charge < -0.3 is 11.1 Å². The second-order valence-corrected chi connectivity index (χ2v) is 8.12. The summed E-state index contributed by atoms with van der Waals surface area (Å²) < 4.78 is 1.82. The molecule has 1 aromatic carbocycles. The van der Waals surface area contributed by atoms with Crippen LogP contribution in [0.25, 0.3) is 0 Å². The Kier molecular flexibility index (Phi) is 6.45. The number of benzene rings is 1. The SMILES string of the molecule is Cl.NC1C2CCCC1CC(C(=O)Nc1ccnn1Cc1ccc(Cl)cc1)C2. The van der Waals surface area contributed by atoms with Crippen LogP contribution in [0.2, 0.25) is 5.02 Å². The molecule has 4 rings (SSSR count). The summed E-state index contributed by atoms with van der Waals surface area (Å²) in [5, 5.41) is 8.15. The Bertz CT molecular complexity index is 763. The summed E-state index contributed by atoms with van der Waals surface area (Å²) in [4.78, 5) is 12.8. The van der Waals surface area contributed by atoms with E-state index < -0.39 is 0 Å². The summed E-state index contributed by atoms with van der Waals surface area (Å²) in [7, 11) is 0. The molecule has 3 N–H and O–H groups in total. The predicted molar refractivity (Wildman–Crippen MR) is 110 cm³/mol. The second kappa shape index (κ2) is 8.63. The number of fused-ring (bicyclic) bond motifs is 2. The van der Waals surface area contributed by atoms with Gasteiger partial charge in [-0.3, -0.25) is 4.79 Å². The highest BCUT2D eigenvalue weighted by Crippen LogP contribution is 2.42. The minimum atomic E-state index is 0. The molecule has 2 aliphatic rings. The fraction of sp³-hybridized carbons (Fsp3) is 0.500. The Balaban J connectivity index is 0.00000210. The Morgan fingerprint density at radius 1 is 1.19 bits per heavy atom. The number of anilines is 1. The van der Waals surface area contributed by atoms with Crippen molar-refractivity contribution in [3.05, 3.63) is 47.1 Å². The number of aromatic nitrogens is 2. The first-order chi connectivity index (χ1) is 12.6. The van der Waals surface area contributed by atoms with Gasteiger partial charge in [0.25, 0.3) is 0 Å². The summed E-state index contributed by atoms with van der Waals surface area (Å²) in [5.74, 6) is 1.90. The summed E-state index contributed by atoms with van der Waals surface area (Å²) in [6.07, 6.45) is 7.12. The molecule has 27 heavy (non-hydrogen) atoms. The molecule has 2 atom stereocenters. The van der Waals surface area contributed by atoms with E-state index in [-0.39, 0.29) is 30.3 Å². The van der Waals surface area contributed by atoms with Crippen molar-refractivity contribution < 1.29 is 4.79 Å². The molecule has 0 spiro atoms. The van der Waals surface area contributed by atoms with Crippen molar-refractivity contribution in [2.24, 2.45) is 23.5 Å². The highest BCUT2D eigenvalue weighted by atomic mass is 35.5. The average molecular weight is 409 g/mol. The number of hydrogen-bond acceptors (Lipinski definition) is 3. The van der Waals surface area contributed by atoms with Gasteiger partial charge in [-0.05, 0) is 55.2 Å². The maximum atomic E-state index is 12.8. The molecule has 2 aromatic rings. The third-order valence-electron chi connectivity index (χ3n) is 6.00. The van der Waals surface area contributed by atoms with Gasteiger partial charge in [0.05, 0.1) is 12.7 Å². The van der Waals surface area contributed by atoms with Crippen molar-refractivity contribution in [1.29, 1.82) is 0 Å². The van der Waals surface area contributed by atoms with Crippen LogP contribution in [0.3, 0.4) is 0 Å². The molecule has 2 bridgehead atoms. The molecule has 5 nitrogen and oxygen atoms in total. The zero-order valence-corrected chi connectivity index (χ0v) is 16.8. The highest BCUT2D eigenvalue weighted by Gasteiger charge is 2.40. The highest BCUT2D eigenvalue weighted by molar-refractivity contribution is 6.30. The fourth-order valence-electron chi connectivity index (χ4n) is 4.56. The number of carbonyl (C=O) groups excluding carboxylic acids is 1. The van der Waals surface area contributed by atoms with Crippen molar-refractivity contribution in [3.63, 3.8) is 0 Å². The number of rotatable bonds is 4. The molecule has 2 aliphatic carbocycles. The number of carbonyl (C=O) groups is 1. The quantitative estimate of drug-likeness (QED) is 0.799. The van der Waals surface area contributed by atoms with Gasteiger partial charge in [0, 0.05) is 23.0 Å². The van der Waals surface area contributed by atoms with Crippen LogP contribution in [0.4, 0.5) is 5.82 Å². The average Bonchev–Trinajstić information content (AvgIpc) is 3.03. The minimum absolute atomic E-state index is 0. The first-order valence-corrected chi connectivity index (χ1v) is 9.80. The Labute approximate surface area is 171 Å². The second-order valence-electron chi connectivity index (χ2n) is 7.69. The van der Waals surface area contributed by atoms with E-state index in [0.29, 0.717) is 23.4 Å². The van der Waals surface area contributed by atoms with Gasteiger partial charge in [0.1, 0.15) is 5.82 Å². The molecular weight excluding hydrogens is 383 g/mol. The molecule has 7 heteroatoms. The monoisotopic (exact) mass is 408 g/mol. The van der Waals surface area contributed by atoms with E-state index in [0.717, 1.165) is 37.1 Å². The van der Waals surface area contributed by atoms with Crippen LogP contribution in [0.1, 0.15) is 37.7 Å². The van der Waals surface area contributed by atoms with Gasteiger partial charge in [-0.25, -0.2) is 4.68 Å². The van der Waals surface area contributed by atoms with E-state index in [1.165, 1.54) is 6.42 Å². The Morgan fingerprint density at radius 3 is 2.52 bits per heavy atom. The minimum Gasteiger partial charge on any atom is -0.327 e. The fourth-order valence-corrected chi connectivity index (χ4v) is 4.69. The van der Waals surface area contributed by atoms with Crippen LogP contribution in [0.15, 0.2) is 36.5 Å². The summed E-state index contributed by atoms with van der Waals surface area (Å²) in [5.41, 5.74) is 7.44. The lowest BCUT2D eigenvalue weighted by Crippen LogP contribution is -2.48. The van der Waals surface area contributed by atoms with E-state index in [1.54, 1.807) is 6.20 Å². The van der Waals surface area contributed by atoms with E-state index >= 15 is 0 Å². The zero-order chi connectivity index (χ0) is 18.1. The van der Waals surface area contributed by atoms with Crippen molar-refractivity contribution in [2.75, 3.05) is 5.32 Å². The van der Waals surface area contributed by atoms with E-state index in [4.69, 9.17) is 17.3 Å². The van der Waals surface area contributed by atoms with Crippen LogP contribution >= 0.6 is 24.0 Å². The normalized spacial score (nSPS) is 26.9. The van der Waals surface area contributed by atoms with E-state index in [1.807, 2.05) is 35.0 Å². The first-order valence-electron chi connectivity index (χ1n) is 9.43. The third-order valence-corrected chi connectivity index (χ3v) is 6.25. The lowest BCUT2D eigenvalue weighted by atomic mass is 9.65. The summed E-state index contributed by atoms with van der Waals surface area (Å²) >= 11 is 5.94. The van der Waals surface area contributed by atoms with Gasteiger partial charge in [-0.1, -0.05) is 30.2 Å². The molecular formula is C20H26Cl2N4O. The Morgan fingerprint density at radius 2 is 1.85 bits per heavy atom. The lowest BCUT2D eigenvalue weighted by Gasteiger charge is -2.43. The number of nitrogens with zero attached hydrogens (tertiary/aromatic N) is 2. The third kappa shape index (κ3) is 4.48. The van der Waals surface area contributed by atoms with Crippen molar-refractivity contribution in [2.45, 2.75) is 44.7 Å². The van der Waals surface area contributed by atoms with Gasteiger partial charge >= 0.3 is 0 Å². The number of nitrogens with two attached hydrogens (primary N) is 1. The maximum absolute atomic E-state index is 12.8. The number of nitrogens with one attached hydrogen (secondary N) is 1. The van der Waals surface area contributed by atoms with Crippen LogP contribution < -0.4 is 11.1 Å². The zero-order valence-electron chi connectivity index (χ0n) is 15.2. The van der Waals surface area contributed by atoms with Crippen LogP contribution in [-0.4, -0.2) is 21.7 Å². The van der Waals surface area contributed by atoms with E-state index in [2.05, 4.69) is 10.4 Å². The predicted octanol–water partition coefficient (Wildman–Crippen LogP) is 4.10. The number of amides is 1. The van der Waals surface area contributed by atoms with Crippen molar-refractivity contribution in [3.8, 4) is 0 Å². The molecule has 0 radical (unpaired) electrons. The molecule has 0 aliphatic heterocycles. The number of hydrogen-bond donors (Lipinski definition) is 2. The molecule has 1 amide bonds. The molecule has 0 saturated heterocycles. The Hall–Kier alpha value is -1.56. The first kappa shape index (κ1) is 20.2. The lowest BCUT2D eigenvalue weighted by molar-refractivity contribution is -0.122. The van der Waals surface area contributed by atoms with Gasteiger partial charge in [-0.15, -0.1) is 12.4 Å². The van der Waals surface area contributed by atoms with Crippen LogP contribution in [0.5, 0.6) is 0 Å². The number of halogens is 2. The van der Waals surface area contributed by atoms with E-state index in [9.17, 15) is 4.79 Å². The topological polar surface area (TPSA) is 72.9 Å². The smallest absolute Gasteiger partial charge is 0.228 e.